The second-order valence-corrected chi connectivity index (χ2v) is 8.05. The maximum absolute atomic E-state index is 12.6. The smallest absolute Gasteiger partial charge is 0.319 e. The molecule has 7 heteroatoms. The van der Waals surface area contributed by atoms with Gasteiger partial charge in [0, 0.05) is 17.6 Å². The highest BCUT2D eigenvalue weighted by Crippen LogP contribution is 2.37. The number of benzene rings is 1. The Labute approximate surface area is 161 Å². The van der Waals surface area contributed by atoms with Gasteiger partial charge in [-0.2, -0.15) is 0 Å². The predicted molar refractivity (Wildman–Crippen MR) is 104 cm³/mol. The van der Waals surface area contributed by atoms with E-state index in [-0.39, 0.29) is 23.9 Å². The van der Waals surface area contributed by atoms with Crippen molar-refractivity contribution in [1.29, 1.82) is 0 Å². The summed E-state index contributed by atoms with van der Waals surface area (Å²) in [7, 11) is 1.46. The van der Waals surface area contributed by atoms with Gasteiger partial charge in [-0.05, 0) is 48.4 Å². The van der Waals surface area contributed by atoms with Crippen molar-refractivity contribution in [3.8, 4) is 0 Å². The van der Waals surface area contributed by atoms with E-state index in [1.165, 1.54) is 19.9 Å². The number of rotatable bonds is 4. The van der Waals surface area contributed by atoms with Gasteiger partial charge in [0.2, 0.25) is 0 Å². The average molecular weight is 383 g/mol. The molecule has 4 amide bonds. The number of thiophene rings is 1. The summed E-state index contributed by atoms with van der Waals surface area (Å²) in [4.78, 5) is 39.0. The summed E-state index contributed by atoms with van der Waals surface area (Å²) >= 11 is 1.65. The molecular formula is C20H21N3O3S. The number of nitrogens with one attached hydrogen (secondary N) is 2. The molecule has 0 spiro atoms. The van der Waals surface area contributed by atoms with Crippen molar-refractivity contribution in [3.05, 3.63) is 51.7 Å². The highest BCUT2D eigenvalue weighted by Gasteiger charge is 2.33. The lowest BCUT2D eigenvalue weighted by Crippen LogP contribution is -2.35. The third-order valence-electron chi connectivity index (χ3n) is 5.36. The lowest BCUT2D eigenvalue weighted by Gasteiger charge is -2.24. The van der Waals surface area contributed by atoms with Gasteiger partial charge in [0.05, 0.1) is 17.2 Å². The SMILES string of the molecule is CN1C(=O)c2ccc(NC(=O)NC(c3cccs3)C3CCCC3)cc2C1=O. The molecule has 1 aromatic carbocycles. The summed E-state index contributed by atoms with van der Waals surface area (Å²) in [6.07, 6.45) is 4.63. The van der Waals surface area contributed by atoms with Crippen LogP contribution in [0.2, 0.25) is 0 Å². The van der Waals surface area contributed by atoms with Crippen molar-refractivity contribution >= 4 is 34.9 Å². The molecule has 1 saturated carbocycles. The van der Waals surface area contributed by atoms with Crippen LogP contribution in [0.1, 0.15) is 57.3 Å². The molecule has 2 aliphatic rings. The summed E-state index contributed by atoms with van der Waals surface area (Å²) in [6, 6.07) is 8.56. The van der Waals surface area contributed by atoms with Crippen LogP contribution in [0.5, 0.6) is 0 Å². The van der Waals surface area contributed by atoms with Crippen LogP contribution in [0, 0.1) is 5.92 Å². The number of fused-ring (bicyclic) bond motifs is 1. The van der Waals surface area contributed by atoms with Gasteiger partial charge >= 0.3 is 6.03 Å². The van der Waals surface area contributed by atoms with Crippen molar-refractivity contribution in [2.45, 2.75) is 31.7 Å². The molecule has 0 saturated heterocycles. The van der Waals surface area contributed by atoms with E-state index in [4.69, 9.17) is 0 Å². The largest absolute Gasteiger partial charge is 0.330 e. The normalized spacial score (nSPS) is 17.9. The lowest BCUT2D eigenvalue weighted by atomic mass is 9.97. The molecule has 0 radical (unpaired) electrons. The minimum absolute atomic E-state index is 0.00345. The van der Waals surface area contributed by atoms with Gasteiger partial charge in [-0.1, -0.05) is 18.9 Å². The zero-order valence-corrected chi connectivity index (χ0v) is 15.8. The van der Waals surface area contributed by atoms with E-state index in [0.29, 0.717) is 22.7 Å². The number of hydrogen-bond donors (Lipinski definition) is 2. The van der Waals surface area contributed by atoms with Crippen molar-refractivity contribution in [2.24, 2.45) is 5.92 Å². The van der Waals surface area contributed by atoms with Crippen LogP contribution < -0.4 is 10.6 Å². The van der Waals surface area contributed by atoms with Crippen LogP contribution in [0.4, 0.5) is 10.5 Å². The number of nitrogens with zero attached hydrogens (tertiary/aromatic N) is 1. The lowest BCUT2D eigenvalue weighted by molar-refractivity contribution is 0.0693. The molecule has 4 rings (SSSR count). The number of amides is 4. The van der Waals surface area contributed by atoms with Gasteiger partial charge in [-0.25, -0.2) is 4.79 Å². The Morgan fingerprint density at radius 2 is 1.89 bits per heavy atom. The number of urea groups is 1. The molecule has 1 fully saturated rings. The van der Waals surface area contributed by atoms with Crippen LogP contribution >= 0.6 is 11.3 Å². The molecule has 1 aromatic heterocycles. The second kappa shape index (κ2) is 7.15. The van der Waals surface area contributed by atoms with Crippen molar-refractivity contribution in [2.75, 3.05) is 12.4 Å². The molecule has 27 heavy (non-hydrogen) atoms. The molecule has 1 unspecified atom stereocenters. The van der Waals surface area contributed by atoms with Crippen LogP contribution in [0.25, 0.3) is 0 Å². The van der Waals surface area contributed by atoms with E-state index in [9.17, 15) is 14.4 Å². The Balaban J connectivity index is 1.49. The first-order valence-electron chi connectivity index (χ1n) is 9.12. The Bertz CT molecular complexity index is 888. The Kier molecular flexibility index (Phi) is 4.70. The van der Waals surface area contributed by atoms with E-state index in [1.807, 2.05) is 11.4 Å². The predicted octanol–water partition coefficient (Wildman–Crippen LogP) is 4.03. The quantitative estimate of drug-likeness (QED) is 0.783. The minimum atomic E-state index is -0.346. The first kappa shape index (κ1) is 17.7. The number of carbonyl (C=O) groups is 3. The summed E-state index contributed by atoms with van der Waals surface area (Å²) in [6.45, 7) is 0. The van der Waals surface area contributed by atoms with Crippen molar-refractivity contribution in [1.82, 2.24) is 10.2 Å². The van der Waals surface area contributed by atoms with E-state index in [0.717, 1.165) is 22.6 Å². The van der Waals surface area contributed by atoms with Crippen LogP contribution in [-0.4, -0.2) is 29.8 Å². The second-order valence-electron chi connectivity index (χ2n) is 7.07. The minimum Gasteiger partial charge on any atom is -0.330 e. The van der Waals surface area contributed by atoms with Gasteiger partial charge in [0.25, 0.3) is 11.8 Å². The standard InChI is InChI=1S/C20H21N3O3S/c1-23-18(24)14-9-8-13(11-15(14)19(23)25)21-20(26)22-17(12-5-2-3-6-12)16-7-4-10-27-16/h4,7-12,17H,2-3,5-6H2,1H3,(H2,21,22,26). The number of imide groups is 1. The van der Waals surface area contributed by atoms with Crippen LogP contribution in [-0.2, 0) is 0 Å². The highest BCUT2D eigenvalue weighted by molar-refractivity contribution is 7.10. The summed E-state index contributed by atoms with van der Waals surface area (Å²) in [5.74, 6) is -0.214. The fourth-order valence-electron chi connectivity index (χ4n) is 3.93. The Hall–Kier alpha value is -2.67. The Morgan fingerprint density at radius 3 is 2.59 bits per heavy atom. The first-order chi connectivity index (χ1) is 13.0. The van der Waals surface area contributed by atoms with Crippen molar-refractivity contribution in [3.63, 3.8) is 0 Å². The monoisotopic (exact) mass is 383 g/mol. The molecule has 6 nitrogen and oxygen atoms in total. The van der Waals surface area contributed by atoms with Crippen LogP contribution in [0.15, 0.2) is 35.7 Å². The maximum Gasteiger partial charge on any atom is 0.319 e. The van der Waals surface area contributed by atoms with E-state index in [2.05, 4.69) is 16.7 Å². The van der Waals surface area contributed by atoms with Gasteiger partial charge in [-0.3, -0.25) is 14.5 Å². The molecule has 2 heterocycles. The first-order valence-corrected chi connectivity index (χ1v) is 10.00. The van der Waals surface area contributed by atoms with Gasteiger partial charge in [0.1, 0.15) is 0 Å². The number of hydrogen-bond acceptors (Lipinski definition) is 4. The summed E-state index contributed by atoms with van der Waals surface area (Å²) in [5, 5.41) is 7.94. The average Bonchev–Trinajstić information content (AvgIpc) is 3.41. The van der Waals surface area contributed by atoms with E-state index >= 15 is 0 Å². The molecular weight excluding hydrogens is 362 g/mol. The van der Waals surface area contributed by atoms with Gasteiger partial charge in [-0.15, -0.1) is 11.3 Å². The fourth-order valence-corrected chi connectivity index (χ4v) is 4.80. The van der Waals surface area contributed by atoms with Gasteiger partial charge in [0.15, 0.2) is 0 Å². The summed E-state index contributed by atoms with van der Waals surface area (Å²) < 4.78 is 0. The molecule has 1 aliphatic carbocycles. The molecule has 1 aliphatic heterocycles. The molecule has 1 atom stereocenters. The third-order valence-corrected chi connectivity index (χ3v) is 6.31. The van der Waals surface area contributed by atoms with E-state index in [1.54, 1.807) is 29.5 Å². The molecule has 0 bridgehead atoms. The zero-order valence-electron chi connectivity index (χ0n) is 15.0. The highest BCUT2D eigenvalue weighted by atomic mass is 32.1. The molecule has 2 N–H and O–H groups in total. The van der Waals surface area contributed by atoms with E-state index < -0.39 is 0 Å². The summed E-state index contributed by atoms with van der Waals surface area (Å²) in [5.41, 5.74) is 1.20. The topological polar surface area (TPSA) is 78.5 Å². The van der Waals surface area contributed by atoms with Gasteiger partial charge < -0.3 is 10.6 Å². The maximum atomic E-state index is 12.6. The number of anilines is 1. The third kappa shape index (κ3) is 3.35. The number of carbonyl (C=O) groups excluding carboxylic acids is 3. The van der Waals surface area contributed by atoms with Crippen molar-refractivity contribution < 1.29 is 14.4 Å². The van der Waals surface area contributed by atoms with Crippen LogP contribution in [0.3, 0.4) is 0 Å². The Morgan fingerprint density at radius 1 is 1.15 bits per heavy atom. The molecule has 140 valence electrons. The fraction of sp³-hybridized carbons (Fsp3) is 0.350. The molecule has 2 aromatic rings. The zero-order chi connectivity index (χ0) is 19.0.